The van der Waals surface area contributed by atoms with Gasteiger partial charge in [-0.1, -0.05) is 12.1 Å². The summed E-state index contributed by atoms with van der Waals surface area (Å²) in [5.74, 6) is -0.929. The van der Waals surface area contributed by atoms with E-state index in [-0.39, 0.29) is 5.56 Å². The molecule has 1 aromatic heterocycles. The lowest BCUT2D eigenvalue weighted by atomic mass is 10.2. The highest BCUT2D eigenvalue weighted by Crippen LogP contribution is 2.15. The van der Waals surface area contributed by atoms with Crippen molar-refractivity contribution in [1.29, 1.82) is 0 Å². The Labute approximate surface area is 96.6 Å². The van der Waals surface area contributed by atoms with Crippen LogP contribution < -0.4 is 5.32 Å². The molecule has 2 aromatic rings. The van der Waals surface area contributed by atoms with E-state index in [0.29, 0.717) is 12.2 Å². The summed E-state index contributed by atoms with van der Waals surface area (Å²) in [6.07, 6.45) is 0. The van der Waals surface area contributed by atoms with Crippen molar-refractivity contribution >= 4 is 23.0 Å². The first kappa shape index (κ1) is 10.6. The second-order valence-corrected chi connectivity index (χ2v) is 3.90. The fourth-order valence-corrected chi connectivity index (χ4v) is 1.89. The number of para-hydroxylation sites is 1. The van der Waals surface area contributed by atoms with Gasteiger partial charge >= 0.3 is 5.97 Å². The van der Waals surface area contributed by atoms with E-state index in [2.05, 4.69) is 10.3 Å². The van der Waals surface area contributed by atoms with Gasteiger partial charge in [-0.15, -0.1) is 11.3 Å². The van der Waals surface area contributed by atoms with E-state index in [9.17, 15) is 4.79 Å². The molecule has 1 aromatic carbocycles. The van der Waals surface area contributed by atoms with E-state index < -0.39 is 5.97 Å². The van der Waals surface area contributed by atoms with E-state index in [4.69, 9.17) is 5.11 Å². The Hall–Kier alpha value is -1.88. The third-order valence-corrected chi connectivity index (χ3v) is 2.74. The Kier molecular flexibility index (Phi) is 3.16. The van der Waals surface area contributed by atoms with Gasteiger partial charge in [-0.3, -0.25) is 0 Å². The number of hydrogen-bond donors (Lipinski definition) is 2. The minimum absolute atomic E-state index is 0.276. The highest BCUT2D eigenvalue weighted by molar-refractivity contribution is 7.07. The number of rotatable bonds is 4. The molecule has 2 N–H and O–H groups in total. The normalized spacial score (nSPS) is 10.0. The smallest absolute Gasteiger partial charge is 0.337 e. The second-order valence-electron chi connectivity index (χ2n) is 3.18. The zero-order chi connectivity index (χ0) is 11.4. The monoisotopic (exact) mass is 234 g/mol. The lowest BCUT2D eigenvalue weighted by Gasteiger charge is -2.07. The molecule has 0 amide bonds. The van der Waals surface area contributed by atoms with Crippen LogP contribution in [0.15, 0.2) is 35.2 Å². The van der Waals surface area contributed by atoms with Gasteiger partial charge < -0.3 is 10.4 Å². The van der Waals surface area contributed by atoms with Crippen molar-refractivity contribution in [3.63, 3.8) is 0 Å². The highest BCUT2D eigenvalue weighted by atomic mass is 32.1. The number of thiazole rings is 1. The van der Waals surface area contributed by atoms with Crippen molar-refractivity contribution in [3.8, 4) is 0 Å². The second kappa shape index (κ2) is 4.76. The van der Waals surface area contributed by atoms with Gasteiger partial charge in [-0.05, 0) is 12.1 Å². The first-order valence-electron chi connectivity index (χ1n) is 4.70. The van der Waals surface area contributed by atoms with Gasteiger partial charge in [-0.25, -0.2) is 9.78 Å². The van der Waals surface area contributed by atoms with Crippen molar-refractivity contribution < 1.29 is 9.90 Å². The van der Waals surface area contributed by atoms with Gasteiger partial charge in [0, 0.05) is 11.1 Å². The quantitative estimate of drug-likeness (QED) is 0.853. The Balaban J connectivity index is 2.12. The SMILES string of the molecule is O=C(O)c1ccccc1NCc1cscn1. The van der Waals surface area contributed by atoms with Gasteiger partial charge in [0.25, 0.3) is 0 Å². The standard InChI is InChI=1S/C11H10N2O2S/c14-11(15)9-3-1-2-4-10(9)12-5-8-6-16-7-13-8/h1-4,6-7,12H,5H2,(H,14,15). The lowest BCUT2D eigenvalue weighted by molar-refractivity contribution is 0.0698. The van der Waals surface area contributed by atoms with E-state index in [1.165, 1.54) is 11.3 Å². The van der Waals surface area contributed by atoms with Crippen molar-refractivity contribution in [2.75, 3.05) is 5.32 Å². The number of benzene rings is 1. The number of aromatic carboxylic acids is 1. The summed E-state index contributed by atoms with van der Waals surface area (Å²) in [7, 11) is 0. The molecule has 16 heavy (non-hydrogen) atoms. The minimum atomic E-state index is -0.929. The number of hydrogen-bond acceptors (Lipinski definition) is 4. The number of carboxylic acid groups (broad SMARTS) is 1. The summed E-state index contributed by atoms with van der Waals surface area (Å²) in [6, 6.07) is 6.83. The van der Waals surface area contributed by atoms with Crippen LogP contribution in [-0.4, -0.2) is 16.1 Å². The average Bonchev–Trinajstić information content (AvgIpc) is 2.79. The Morgan fingerprint density at radius 3 is 2.94 bits per heavy atom. The number of nitrogens with zero attached hydrogens (tertiary/aromatic N) is 1. The van der Waals surface area contributed by atoms with E-state index in [0.717, 1.165) is 5.69 Å². The molecule has 0 aliphatic rings. The van der Waals surface area contributed by atoms with Gasteiger partial charge in [0.2, 0.25) is 0 Å². The lowest BCUT2D eigenvalue weighted by Crippen LogP contribution is -2.06. The van der Waals surface area contributed by atoms with Gasteiger partial charge in [-0.2, -0.15) is 0 Å². The molecule has 0 spiro atoms. The summed E-state index contributed by atoms with van der Waals surface area (Å²) in [6.45, 7) is 0.536. The molecule has 2 rings (SSSR count). The third-order valence-electron chi connectivity index (χ3n) is 2.10. The van der Waals surface area contributed by atoms with E-state index in [1.807, 2.05) is 5.38 Å². The Bertz CT molecular complexity index is 482. The molecule has 0 aliphatic carbocycles. The van der Waals surface area contributed by atoms with Crippen LogP contribution >= 0.6 is 11.3 Å². The third kappa shape index (κ3) is 2.38. The molecular weight excluding hydrogens is 224 g/mol. The molecule has 1 heterocycles. The summed E-state index contributed by atoms with van der Waals surface area (Å²) in [5.41, 5.74) is 3.55. The van der Waals surface area contributed by atoms with Crippen LogP contribution in [0.1, 0.15) is 16.1 Å². The molecule has 0 radical (unpaired) electrons. The highest BCUT2D eigenvalue weighted by Gasteiger charge is 2.08. The van der Waals surface area contributed by atoms with Gasteiger partial charge in [0.15, 0.2) is 0 Å². The fraction of sp³-hybridized carbons (Fsp3) is 0.0909. The molecule has 0 atom stereocenters. The Morgan fingerprint density at radius 2 is 2.25 bits per heavy atom. The Morgan fingerprint density at radius 1 is 1.44 bits per heavy atom. The summed E-state index contributed by atoms with van der Waals surface area (Å²) in [4.78, 5) is 15.0. The largest absolute Gasteiger partial charge is 0.478 e. The summed E-state index contributed by atoms with van der Waals surface area (Å²) in [5, 5.41) is 14.0. The summed E-state index contributed by atoms with van der Waals surface area (Å²) < 4.78 is 0. The number of aromatic nitrogens is 1. The molecule has 0 fully saturated rings. The number of carbonyl (C=O) groups is 1. The average molecular weight is 234 g/mol. The molecule has 82 valence electrons. The predicted molar refractivity (Wildman–Crippen MR) is 62.8 cm³/mol. The summed E-state index contributed by atoms with van der Waals surface area (Å²) >= 11 is 1.52. The maximum absolute atomic E-state index is 10.9. The van der Waals surface area contributed by atoms with Crippen molar-refractivity contribution in [1.82, 2.24) is 4.98 Å². The zero-order valence-electron chi connectivity index (χ0n) is 8.38. The van der Waals surface area contributed by atoms with Crippen molar-refractivity contribution in [2.24, 2.45) is 0 Å². The molecule has 0 saturated carbocycles. The number of anilines is 1. The fourth-order valence-electron chi connectivity index (χ4n) is 1.33. The molecule has 5 heteroatoms. The van der Waals surface area contributed by atoms with Crippen LogP contribution in [-0.2, 0) is 6.54 Å². The molecular formula is C11H10N2O2S. The van der Waals surface area contributed by atoms with Crippen molar-refractivity contribution in [3.05, 3.63) is 46.4 Å². The van der Waals surface area contributed by atoms with Crippen LogP contribution in [0.5, 0.6) is 0 Å². The maximum atomic E-state index is 10.9. The first-order valence-corrected chi connectivity index (χ1v) is 5.65. The van der Waals surface area contributed by atoms with Gasteiger partial charge in [0.1, 0.15) is 0 Å². The van der Waals surface area contributed by atoms with Crippen LogP contribution in [0.4, 0.5) is 5.69 Å². The molecule has 0 unspecified atom stereocenters. The maximum Gasteiger partial charge on any atom is 0.337 e. The minimum Gasteiger partial charge on any atom is -0.478 e. The van der Waals surface area contributed by atoms with Gasteiger partial charge in [0.05, 0.1) is 23.3 Å². The van der Waals surface area contributed by atoms with E-state index in [1.54, 1.807) is 29.8 Å². The van der Waals surface area contributed by atoms with Crippen molar-refractivity contribution in [2.45, 2.75) is 6.54 Å². The topological polar surface area (TPSA) is 62.2 Å². The van der Waals surface area contributed by atoms with Crippen LogP contribution in [0.25, 0.3) is 0 Å². The number of nitrogens with one attached hydrogen (secondary N) is 1. The zero-order valence-corrected chi connectivity index (χ0v) is 9.20. The van der Waals surface area contributed by atoms with Crippen LogP contribution in [0.3, 0.4) is 0 Å². The number of carboxylic acids is 1. The van der Waals surface area contributed by atoms with E-state index >= 15 is 0 Å². The molecule has 0 bridgehead atoms. The predicted octanol–water partition coefficient (Wildman–Crippen LogP) is 2.45. The molecule has 0 saturated heterocycles. The van der Waals surface area contributed by atoms with Crippen LogP contribution in [0.2, 0.25) is 0 Å². The first-order chi connectivity index (χ1) is 7.77. The molecule has 4 nitrogen and oxygen atoms in total. The van der Waals surface area contributed by atoms with Crippen LogP contribution in [0, 0.1) is 0 Å². The molecule has 0 aliphatic heterocycles.